The average Bonchev–Trinajstić information content (AvgIpc) is 2.62. The Morgan fingerprint density at radius 1 is 0.708 bits per heavy atom. The van der Waals surface area contributed by atoms with Crippen LogP contribution in [0, 0.1) is 5.82 Å². The van der Waals surface area contributed by atoms with Crippen molar-refractivity contribution in [3.05, 3.63) is 101 Å². The van der Waals surface area contributed by atoms with Gasteiger partial charge in [0.1, 0.15) is 5.82 Å². The second-order valence-corrected chi connectivity index (χ2v) is 5.85. The average molecular weight is 320 g/mol. The third kappa shape index (κ3) is 4.21. The first-order chi connectivity index (χ1) is 11.7. The minimum Gasteiger partial charge on any atom is -0.363 e. The van der Waals surface area contributed by atoms with E-state index in [1.807, 2.05) is 42.5 Å². The molecule has 0 bridgehead atoms. The molecule has 0 fully saturated rings. The summed E-state index contributed by atoms with van der Waals surface area (Å²) < 4.78 is 14.0. The number of nitrogens with zero attached hydrogens (tertiary/aromatic N) is 1. The molecule has 2 nitrogen and oxygen atoms in total. The number of nitrogens with two attached hydrogens (primary N) is 1. The lowest BCUT2D eigenvalue weighted by molar-refractivity contribution is 0.623. The number of rotatable bonds is 6. The summed E-state index contributed by atoms with van der Waals surface area (Å²) in [7, 11) is 0. The molecule has 0 aliphatic carbocycles. The van der Waals surface area contributed by atoms with Gasteiger partial charge in [-0.15, -0.1) is 0 Å². The largest absolute Gasteiger partial charge is 0.363 e. The predicted molar refractivity (Wildman–Crippen MR) is 97.1 cm³/mol. The molecule has 3 rings (SSSR count). The predicted octanol–water partition coefficient (Wildman–Crippen LogP) is 4.49. The molecule has 3 aromatic rings. The fourth-order valence-electron chi connectivity index (χ4n) is 2.78. The molecular formula is C21H21FN2. The van der Waals surface area contributed by atoms with Crippen molar-refractivity contribution in [1.82, 2.24) is 0 Å². The van der Waals surface area contributed by atoms with E-state index in [-0.39, 0.29) is 5.82 Å². The first-order valence-corrected chi connectivity index (χ1v) is 8.07. The van der Waals surface area contributed by atoms with E-state index in [0.29, 0.717) is 19.6 Å². The standard InChI is InChI=1S/C21H21FN2/c22-20-11-19(14-23)12-21(13-20)24(15-17-7-3-1-4-8-17)16-18-9-5-2-6-10-18/h1-13H,14-16,23H2. The van der Waals surface area contributed by atoms with Gasteiger partial charge in [-0.05, 0) is 34.9 Å². The molecule has 0 heterocycles. The Hall–Kier alpha value is -2.65. The van der Waals surface area contributed by atoms with Crippen LogP contribution in [0.2, 0.25) is 0 Å². The van der Waals surface area contributed by atoms with Gasteiger partial charge in [0, 0.05) is 25.3 Å². The van der Waals surface area contributed by atoms with Gasteiger partial charge < -0.3 is 10.6 Å². The highest BCUT2D eigenvalue weighted by Crippen LogP contribution is 2.23. The van der Waals surface area contributed by atoms with Gasteiger partial charge in [-0.1, -0.05) is 60.7 Å². The van der Waals surface area contributed by atoms with Crippen LogP contribution in [0.15, 0.2) is 78.9 Å². The van der Waals surface area contributed by atoms with E-state index < -0.39 is 0 Å². The normalized spacial score (nSPS) is 10.6. The van der Waals surface area contributed by atoms with Crippen LogP contribution >= 0.6 is 0 Å². The topological polar surface area (TPSA) is 29.3 Å². The molecule has 0 saturated heterocycles. The Balaban J connectivity index is 1.93. The third-order valence-electron chi connectivity index (χ3n) is 3.98. The van der Waals surface area contributed by atoms with Gasteiger partial charge in [-0.25, -0.2) is 4.39 Å². The van der Waals surface area contributed by atoms with E-state index in [1.54, 1.807) is 6.07 Å². The van der Waals surface area contributed by atoms with Crippen molar-refractivity contribution in [3.8, 4) is 0 Å². The molecule has 3 aromatic carbocycles. The second kappa shape index (κ2) is 7.75. The van der Waals surface area contributed by atoms with Crippen molar-refractivity contribution in [2.45, 2.75) is 19.6 Å². The van der Waals surface area contributed by atoms with Crippen LogP contribution in [0.5, 0.6) is 0 Å². The summed E-state index contributed by atoms with van der Waals surface area (Å²) in [5.41, 5.74) is 9.73. The van der Waals surface area contributed by atoms with E-state index >= 15 is 0 Å². The van der Waals surface area contributed by atoms with E-state index in [0.717, 1.165) is 11.3 Å². The van der Waals surface area contributed by atoms with Gasteiger partial charge in [0.2, 0.25) is 0 Å². The fourth-order valence-corrected chi connectivity index (χ4v) is 2.78. The van der Waals surface area contributed by atoms with Crippen molar-refractivity contribution < 1.29 is 4.39 Å². The number of halogens is 1. The number of benzene rings is 3. The lowest BCUT2D eigenvalue weighted by atomic mass is 10.1. The molecule has 0 aliphatic heterocycles. The first-order valence-electron chi connectivity index (χ1n) is 8.07. The van der Waals surface area contributed by atoms with Crippen molar-refractivity contribution in [2.75, 3.05) is 4.90 Å². The Kier molecular flexibility index (Phi) is 5.24. The molecule has 3 heteroatoms. The number of hydrogen-bond acceptors (Lipinski definition) is 2. The Morgan fingerprint density at radius 2 is 1.25 bits per heavy atom. The van der Waals surface area contributed by atoms with Crippen LogP contribution < -0.4 is 10.6 Å². The Bertz CT molecular complexity index is 731. The fraction of sp³-hybridized carbons (Fsp3) is 0.143. The summed E-state index contributed by atoms with van der Waals surface area (Å²) in [5, 5.41) is 0. The summed E-state index contributed by atoms with van der Waals surface area (Å²) >= 11 is 0. The molecule has 0 atom stereocenters. The summed E-state index contributed by atoms with van der Waals surface area (Å²) in [4.78, 5) is 2.17. The molecule has 0 radical (unpaired) electrons. The van der Waals surface area contributed by atoms with Gasteiger partial charge in [0.05, 0.1) is 0 Å². The zero-order chi connectivity index (χ0) is 16.8. The van der Waals surface area contributed by atoms with Gasteiger partial charge in [-0.3, -0.25) is 0 Å². The van der Waals surface area contributed by atoms with Crippen LogP contribution in [0.4, 0.5) is 10.1 Å². The second-order valence-electron chi connectivity index (χ2n) is 5.85. The van der Waals surface area contributed by atoms with Gasteiger partial charge in [-0.2, -0.15) is 0 Å². The van der Waals surface area contributed by atoms with Crippen LogP contribution in [-0.2, 0) is 19.6 Å². The lowest BCUT2D eigenvalue weighted by Gasteiger charge is -2.26. The van der Waals surface area contributed by atoms with Crippen LogP contribution in [0.3, 0.4) is 0 Å². The zero-order valence-corrected chi connectivity index (χ0v) is 13.5. The van der Waals surface area contributed by atoms with Gasteiger partial charge in [0.25, 0.3) is 0 Å². The smallest absolute Gasteiger partial charge is 0.125 e. The molecule has 0 saturated carbocycles. The Morgan fingerprint density at radius 3 is 1.75 bits per heavy atom. The van der Waals surface area contributed by atoms with Crippen molar-refractivity contribution in [1.29, 1.82) is 0 Å². The van der Waals surface area contributed by atoms with E-state index in [4.69, 9.17) is 5.73 Å². The summed E-state index contributed by atoms with van der Waals surface area (Å²) in [6.07, 6.45) is 0. The minimum atomic E-state index is -0.251. The highest BCUT2D eigenvalue weighted by Gasteiger charge is 2.11. The van der Waals surface area contributed by atoms with Gasteiger partial charge in [0.15, 0.2) is 0 Å². The van der Waals surface area contributed by atoms with E-state index in [1.165, 1.54) is 17.2 Å². The van der Waals surface area contributed by atoms with Crippen molar-refractivity contribution in [3.63, 3.8) is 0 Å². The number of anilines is 1. The molecule has 0 aliphatic rings. The quantitative estimate of drug-likeness (QED) is 0.725. The lowest BCUT2D eigenvalue weighted by Crippen LogP contribution is -2.22. The molecule has 122 valence electrons. The van der Waals surface area contributed by atoms with Crippen molar-refractivity contribution in [2.24, 2.45) is 5.73 Å². The summed E-state index contributed by atoms with van der Waals surface area (Å²) in [6.45, 7) is 1.75. The molecule has 0 spiro atoms. The van der Waals surface area contributed by atoms with Crippen LogP contribution in [0.25, 0.3) is 0 Å². The molecule has 2 N–H and O–H groups in total. The summed E-state index contributed by atoms with van der Waals surface area (Å²) in [5.74, 6) is -0.251. The first kappa shape index (κ1) is 16.2. The monoisotopic (exact) mass is 320 g/mol. The molecule has 24 heavy (non-hydrogen) atoms. The molecule has 0 unspecified atom stereocenters. The number of hydrogen-bond donors (Lipinski definition) is 1. The van der Waals surface area contributed by atoms with Crippen molar-refractivity contribution >= 4 is 5.69 Å². The Labute approximate surface area is 142 Å². The zero-order valence-electron chi connectivity index (χ0n) is 13.5. The molecule has 0 aromatic heterocycles. The maximum atomic E-state index is 14.0. The maximum absolute atomic E-state index is 14.0. The highest BCUT2D eigenvalue weighted by atomic mass is 19.1. The van der Waals surface area contributed by atoms with Gasteiger partial charge >= 0.3 is 0 Å². The highest BCUT2D eigenvalue weighted by molar-refractivity contribution is 5.50. The summed E-state index contributed by atoms with van der Waals surface area (Å²) in [6, 6.07) is 25.5. The SMILES string of the molecule is NCc1cc(F)cc(N(Cc2ccccc2)Cc2ccccc2)c1. The minimum absolute atomic E-state index is 0.251. The molecular weight excluding hydrogens is 299 g/mol. The third-order valence-corrected chi connectivity index (χ3v) is 3.98. The van der Waals surface area contributed by atoms with Crippen LogP contribution in [0.1, 0.15) is 16.7 Å². The van der Waals surface area contributed by atoms with E-state index in [2.05, 4.69) is 29.2 Å². The molecule has 0 amide bonds. The van der Waals surface area contributed by atoms with Crippen LogP contribution in [-0.4, -0.2) is 0 Å². The maximum Gasteiger partial charge on any atom is 0.125 e. The van der Waals surface area contributed by atoms with E-state index in [9.17, 15) is 4.39 Å².